The monoisotopic (exact) mass is 255 g/mol. The van der Waals surface area contributed by atoms with Gasteiger partial charge in [0, 0.05) is 12.7 Å². The number of benzene rings is 2. The molecule has 19 heavy (non-hydrogen) atoms. The Kier molecular flexibility index (Phi) is 4.31. The predicted octanol–water partition coefficient (Wildman–Crippen LogP) is 3.37. The molecule has 0 spiro atoms. The molecule has 1 unspecified atom stereocenters. The third-order valence-corrected chi connectivity index (χ3v) is 2.74. The van der Waals surface area contributed by atoms with Crippen molar-refractivity contribution in [3.8, 4) is 0 Å². The molecule has 2 rings (SSSR count). The van der Waals surface area contributed by atoms with E-state index in [1.807, 2.05) is 36.4 Å². The molecule has 1 radical (unpaired) electrons. The largest absolute Gasteiger partial charge is 0.428 e. The van der Waals surface area contributed by atoms with Crippen LogP contribution in [0.25, 0.3) is 0 Å². The summed E-state index contributed by atoms with van der Waals surface area (Å²) in [4.78, 5) is 12.1. The maximum absolute atomic E-state index is 12.1. The van der Waals surface area contributed by atoms with E-state index >= 15 is 0 Å². The van der Waals surface area contributed by atoms with Crippen LogP contribution in [0.1, 0.15) is 27.8 Å². The van der Waals surface area contributed by atoms with Gasteiger partial charge in [0.2, 0.25) is 6.29 Å². The summed E-state index contributed by atoms with van der Waals surface area (Å²) in [5.74, 6) is -0.443. The first-order valence-corrected chi connectivity index (χ1v) is 5.92. The van der Waals surface area contributed by atoms with Crippen molar-refractivity contribution in [1.82, 2.24) is 0 Å². The Morgan fingerprint density at radius 1 is 1.05 bits per heavy atom. The van der Waals surface area contributed by atoms with Gasteiger partial charge in [0.25, 0.3) is 0 Å². The molecule has 0 aromatic heterocycles. The van der Waals surface area contributed by atoms with Gasteiger partial charge in [-0.25, -0.2) is 4.79 Å². The lowest BCUT2D eigenvalue weighted by Gasteiger charge is -2.17. The van der Waals surface area contributed by atoms with Crippen LogP contribution in [0, 0.1) is 6.92 Å². The average Bonchev–Trinajstić information content (AvgIpc) is 2.46. The normalized spacial score (nSPS) is 11.9. The van der Waals surface area contributed by atoms with Gasteiger partial charge in [-0.2, -0.15) is 0 Å². The number of hydrogen-bond donors (Lipinski definition) is 0. The molecule has 0 N–H and O–H groups in total. The smallest absolute Gasteiger partial charge is 0.340 e. The van der Waals surface area contributed by atoms with E-state index in [1.54, 1.807) is 18.2 Å². The number of hydrogen-bond acceptors (Lipinski definition) is 3. The summed E-state index contributed by atoms with van der Waals surface area (Å²) in [5, 5.41) is 0. The molecule has 0 bridgehead atoms. The Morgan fingerprint density at radius 2 is 1.68 bits per heavy atom. The van der Waals surface area contributed by atoms with Crippen molar-refractivity contribution in [2.45, 2.75) is 6.29 Å². The molecule has 1 atom stereocenters. The first-order chi connectivity index (χ1) is 9.22. The molecule has 0 aliphatic rings. The summed E-state index contributed by atoms with van der Waals surface area (Å²) in [7, 11) is 1.50. The van der Waals surface area contributed by atoms with Crippen molar-refractivity contribution in [1.29, 1.82) is 0 Å². The molecule has 97 valence electrons. The van der Waals surface area contributed by atoms with E-state index in [0.29, 0.717) is 11.1 Å². The number of rotatable bonds is 4. The van der Waals surface area contributed by atoms with Gasteiger partial charge < -0.3 is 9.47 Å². The molecular formula is C16H15O3. The zero-order valence-corrected chi connectivity index (χ0v) is 10.7. The topological polar surface area (TPSA) is 35.5 Å². The highest BCUT2D eigenvalue weighted by Gasteiger charge is 2.18. The molecule has 2 aromatic carbocycles. The Hall–Kier alpha value is -2.13. The van der Waals surface area contributed by atoms with Crippen LogP contribution in [-0.2, 0) is 9.47 Å². The lowest BCUT2D eigenvalue weighted by Crippen LogP contribution is -2.14. The van der Waals surface area contributed by atoms with Crippen molar-refractivity contribution in [2.24, 2.45) is 0 Å². The molecule has 0 heterocycles. The zero-order chi connectivity index (χ0) is 13.7. The molecule has 0 saturated carbocycles. The maximum Gasteiger partial charge on any atom is 0.340 e. The molecule has 0 aliphatic carbocycles. The minimum Gasteiger partial charge on any atom is -0.428 e. The number of carbonyl (C=O) groups is 1. The van der Waals surface area contributed by atoms with E-state index in [-0.39, 0.29) is 0 Å². The van der Waals surface area contributed by atoms with E-state index in [0.717, 1.165) is 5.56 Å². The molecular weight excluding hydrogens is 240 g/mol. The van der Waals surface area contributed by atoms with Crippen LogP contribution in [-0.4, -0.2) is 13.1 Å². The molecule has 0 amide bonds. The fourth-order valence-electron chi connectivity index (χ4n) is 1.74. The Labute approximate surface area is 112 Å². The van der Waals surface area contributed by atoms with E-state index < -0.39 is 12.3 Å². The fourth-order valence-corrected chi connectivity index (χ4v) is 1.74. The molecule has 3 heteroatoms. The summed E-state index contributed by atoms with van der Waals surface area (Å²) >= 11 is 0. The highest BCUT2D eigenvalue weighted by molar-refractivity contribution is 5.91. The molecule has 0 saturated heterocycles. The first-order valence-electron chi connectivity index (χ1n) is 5.92. The van der Waals surface area contributed by atoms with Crippen molar-refractivity contribution in [2.75, 3.05) is 7.11 Å². The third kappa shape index (κ3) is 3.20. The van der Waals surface area contributed by atoms with Crippen LogP contribution in [0.5, 0.6) is 0 Å². The number of methoxy groups -OCH3 is 1. The second-order valence-electron chi connectivity index (χ2n) is 4.04. The van der Waals surface area contributed by atoms with Crippen LogP contribution >= 0.6 is 0 Å². The average molecular weight is 255 g/mol. The summed E-state index contributed by atoms with van der Waals surface area (Å²) < 4.78 is 10.6. The number of ether oxygens (including phenoxy) is 2. The van der Waals surface area contributed by atoms with Crippen LogP contribution in [0.2, 0.25) is 0 Å². The summed E-state index contributed by atoms with van der Waals surface area (Å²) in [6.07, 6.45) is -0.715. The predicted molar refractivity (Wildman–Crippen MR) is 72.5 cm³/mol. The van der Waals surface area contributed by atoms with Crippen molar-refractivity contribution < 1.29 is 14.3 Å². The Balaban J connectivity index is 2.16. The van der Waals surface area contributed by atoms with Crippen LogP contribution in [0.4, 0.5) is 0 Å². The molecule has 0 fully saturated rings. The van der Waals surface area contributed by atoms with Gasteiger partial charge in [-0.05, 0) is 18.6 Å². The number of carbonyl (C=O) groups excluding carboxylic acids is 1. The molecule has 0 aliphatic heterocycles. The summed E-state index contributed by atoms with van der Waals surface area (Å²) in [5.41, 5.74) is 1.87. The molecule has 3 nitrogen and oxygen atoms in total. The van der Waals surface area contributed by atoms with Crippen LogP contribution in [0.15, 0.2) is 54.6 Å². The van der Waals surface area contributed by atoms with Gasteiger partial charge >= 0.3 is 5.97 Å². The Morgan fingerprint density at radius 3 is 2.32 bits per heavy atom. The minimum absolute atomic E-state index is 0.443. The quantitative estimate of drug-likeness (QED) is 0.620. The highest BCUT2D eigenvalue weighted by Crippen LogP contribution is 2.20. The van der Waals surface area contributed by atoms with Gasteiger partial charge in [0.1, 0.15) is 0 Å². The van der Waals surface area contributed by atoms with Crippen molar-refractivity contribution >= 4 is 5.97 Å². The van der Waals surface area contributed by atoms with Gasteiger partial charge in [0.05, 0.1) is 5.56 Å². The highest BCUT2D eigenvalue weighted by atomic mass is 16.7. The summed E-state index contributed by atoms with van der Waals surface area (Å²) in [6.45, 7) is 3.81. The van der Waals surface area contributed by atoms with E-state index in [9.17, 15) is 4.79 Å². The second-order valence-corrected chi connectivity index (χ2v) is 4.04. The van der Waals surface area contributed by atoms with E-state index in [4.69, 9.17) is 9.47 Å². The lowest BCUT2D eigenvalue weighted by atomic mass is 10.1. The zero-order valence-electron chi connectivity index (χ0n) is 10.7. The van der Waals surface area contributed by atoms with Crippen molar-refractivity contribution in [3.05, 3.63) is 78.2 Å². The third-order valence-electron chi connectivity index (χ3n) is 2.74. The Bertz CT molecular complexity index is 549. The van der Waals surface area contributed by atoms with Gasteiger partial charge in [-0.3, -0.25) is 0 Å². The van der Waals surface area contributed by atoms with Gasteiger partial charge in [-0.1, -0.05) is 48.5 Å². The van der Waals surface area contributed by atoms with Gasteiger partial charge in [-0.15, -0.1) is 0 Å². The first kappa shape index (κ1) is 13.3. The van der Waals surface area contributed by atoms with Crippen LogP contribution < -0.4 is 0 Å². The molecule has 2 aromatic rings. The van der Waals surface area contributed by atoms with Gasteiger partial charge in [0.15, 0.2) is 0 Å². The standard InChI is InChI=1S/C16H15O3/c1-12-8-6-7-11-14(12)15(17)19-16(18-2)13-9-4-3-5-10-13/h3-11,16H,1H2,2H3. The fraction of sp³-hybridized carbons (Fsp3) is 0.125. The van der Waals surface area contributed by atoms with E-state index in [2.05, 4.69) is 6.92 Å². The van der Waals surface area contributed by atoms with Crippen LogP contribution in [0.3, 0.4) is 0 Å². The number of esters is 1. The van der Waals surface area contributed by atoms with E-state index in [1.165, 1.54) is 7.11 Å². The summed E-state index contributed by atoms with van der Waals surface area (Å²) in [6, 6.07) is 16.4. The maximum atomic E-state index is 12.1. The minimum atomic E-state index is -0.715. The van der Waals surface area contributed by atoms with Crippen molar-refractivity contribution in [3.63, 3.8) is 0 Å². The second kappa shape index (κ2) is 6.16. The SMILES string of the molecule is [CH2]c1ccccc1C(=O)OC(OC)c1ccccc1. The lowest BCUT2D eigenvalue weighted by molar-refractivity contribution is -0.0927.